The number of esters is 1. The lowest BCUT2D eigenvalue weighted by molar-refractivity contribution is -0.137. The smallest absolute Gasteiger partial charge is 0.416 e. The van der Waals surface area contributed by atoms with Crippen LogP contribution in [0.25, 0.3) is 16.9 Å². The Morgan fingerprint density at radius 1 is 0.914 bits per heavy atom. The Morgan fingerprint density at radius 3 is 2.34 bits per heavy atom. The van der Waals surface area contributed by atoms with E-state index < -0.39 is 17.7 Å². The molecule has 35 heavy (non-hydrogen) atoms. The lowest BCUT2D eigenvalue weighted by Gasteiger charge is -2.18. The van der Waals surface area contributed by atoms with Gasteiger partial charge in [-0.3, -0.25) is 0 Å². The van der Waals surface area contributed by atoms with Crippen LogP contribution in [0.2, 0.25) is 0 Å². The maximum atomic E-state index is 13.7. The van der Waals surface area contributed by atoms with E-state index in [0.29, 0.717) is 23.7 Å². The minimum Gasteiger partial charge on any atom is -0.488 e. The fraction of sp³-hybridized carbons (Fsp3) is 0.179. The van der Waals surface area contributed by atoms with Crippen molar-refractivity contribution in [2.45, 2.75) is 26.6 Å². The molecular weight excluding hydrogens is 455 g/mol. The number of hydrogen-bond acceptors (Lipinski definition) is 3. The molecule has 0 saturated carbocycles. The van der Waals surface area contributed by atoms with Crippen molar-refractivity contribution in [1.29, 1.82) is 0 Å². The van der Waals surface area contributed by atoms with E-state index in [0.717, 1.165) is 35.9 Å². The Labute approximate surface area is 201 Å². The number of aromatic nitrogens is 1. The first kappa shape index (κ1) is 24.1. The number of rotatable bonds is 6. The number of carbonyl (C=O) groups is 1. The summed E-state index contributed by atoms with van der Waals surface area (Å²) >= 11 is 0. The molecule has 0 atom stereocenters. The number of benzene rings is 3. The van der Waals surface area contributed by atoms with Crippen molar-refractivity contribution in [3.05, 3.63) is 107 Å². The van der Waals surface area contributed by atoms with Crippen molar-refractivity contribution in [3.63, 3.8) is 0 Å². The van der Waals surface area contributed by atoms with Crippen LogP contribution < -0.4 is 4.74 Å². The standard InChI is InChI=1S/C28H24F3NO3/c1-18-9-12-26(35-17-20-7-5-4-6-8-20)24(13-18)25-11-10-19(2)32(25)23-15-21(27(33)34-3)14-22(16-23)28(29,30)31/h4-16H,17H2,1-3H3. The number of nitrogens with zero attached hydrogens (tertiary/aromatic N) is 1. The quantitative estimate of drug-likeness (QED) is 0.276. The summed E-state index contributed by atoms with van der Waals surface area (Å²) in [6.45, 7) is 4.07. The van der Waals surface area contributed by atoms with Crippen LogP contribution in [0.1, 0.15) is 32.7 Å². The molecule has 0 aliphatic heterocycles. The molecule has 0 fully saturated rings. The van der Waals surface area contributed by atoms with E-state index >= 15 is 0 Å². The molecule has 180 valence electrons. The van der Waals surface area contributed by atoms with Gasteiger partial charge in [0.05, 0.1) is 23.9 Å². The highest BCUT2D eigenvalue weighted by Crippen LogP contribution is 2.37. The van der Waals surface area contributed by atoms with E-state index in [2.05, 4.69) is 0 Å². The van der Waals surface area contributed by atoms with Crippen molar-refractivity contribution >= 4 is 5.97 Å². The summed E-state index contributed by atoms with van der Waals surface area (Å²) in [5.74, 6) is -0.245. The zero-order valence-electron chi connectivity index (χ0n) is 19.5. The average Bonchev–Trinajstić information content (AvgIpc) is 3.23. The summed E-state index contributed by atoms with van der Waals surface area (Å²) in [6.07, 6.45) is -4.63. The van der Waals surface area contributed by atoms with Crippen molar-refractivity contribution < 1.29 is 27.4 Å². The van der Waals surface area contributed by atoms with Crippen LogP contribution in [0.4, 0.5) is 13.2 Å². The molecule has 4 aromatic rings. The van der Waals surface area contributed by atoms with Gasteiger partial charge in [-0.2, -0.15) is 13.2 Å². The van der Waals surface area contributed by atoms with Gasteiger partial charge in [0, 0.05) is 16.9 Å². The third-order valence-electron chi connectivity index (χ3n) is 5.65. The first-order valence-electron chi connectivity index (χ1n) is 10.9. The Balaban J connectivity index is 1.84. The van der Waals surface area contributed by atoms with Gasteiger partial charge in [0.2, 0.25) is 0 Å². The highest BCUT2D eigenvalue weighted by Gasteiger charge is 2.32. The topological polar surface area (TPSA) is 40.5 Å². The molecule has 0 unspecified atom stereocenters. The van der Waals surface area contributed by atoms with Gasteiger partial charge >= 0.3 is 12.1 Å². The molecule has 4 rings (SSSR count). The van der Waals surface area contributed by atoms with Crippen LogP contribution in [0.5, 0.6) is 5.75 Å². The summed E-state index contributed by atoms with van der Waals surface area (Å²) in [7, 11) is 1.14. The van der Waals surface area contributed by atoms with Crippen molar-refractivity contribution in [2.75, 3.05) is 7.11 Å². The van der Waals surface area contributed by atoms with Gasteiger partial charge < -0.3 is 14.0 Å². The maximum Gasteiger partial charge on any atom is 0.416 e. The van der Waals surface area contributed by atoms with Gasteiger partial charge in [0.25, 0.3) is 0 Å². The third-order valence-corrected chi connectivity index (χ3v) is 5.65. The van der Waals surface area contributed by atoms with Crippen LogP contribution in [0.3, 0.4) is 0 Å². The number of aryl methyl sites for hydroxylation is 2. The minimum absolute atomic E-state index is 0.179. The molecule has 1 heterocycles. The molecule has 0 saturated heterocycles. The predicted octanol–water partition coefficient (Wildman–Crippen LogP) is 7.15. The molecule has 0 amide bonds. The third kappa shape index (κ3) is 5.24. The Morgan fingerprint density at radius 2 is 1.66 bits per heavy atom. The molecule has 7 heteroatoms. The molecule has 0 radical (unpaired) electrons. The zero-order valence-corrected chi connectivity index (χ0v) is 19.5. The predicted molar refractivity (Wildman–Crippen MR) is 128 cm³/mol. The van der Waals surface area contributed by atoms with Crippen molar-refractivity contribution in [1.82, 2.24) is 4.57 Å². The van der Waals surface area contributed by atoms with E-state index in [1.807, 2.05) is 67.6 Å². The van der Waals surface area contributed by atoms with Gasteiger partial charge in [-0.1, -0.05) is 42.0 Å². The largest absolute Gasteiger partial charge is 0.488 e. The van der Waals surface area contributed by atoms with Gasteiger partial charge in [0.15, 0.2) is 0 Å². The average molecular weight is 479 g/mol. The van der Waals surface area contributed by atoms with E-state index in [4.69, 9.17) is 9.47 Å². The molecule has 0 aliphatic carbocycles. The van der Waals surface area contributed by atoms with Gasteiger partial charge in [-0.15, -0.1) is 0 Å². The van der Waals surface area contributed by atoms with E-state index in [-0.39, 0.29) is 11.3 Å². The fourth-order valence-corrected chi connectivity index (χ4v) is 3.94. The molecule has 1 aromatic heterocycles. The summed E-state index contributed by atoms with van der Waals surface area (Å²) in [5, 5.41) is 0. The fourth-order valence-electron chi connectivity index (χ4n) is 3.94. The number of alkyl halides is 3. The van der Waals surface area contributed by atoms with E-state index in [1.54, 1.807) is 11.5 Å². The molecule has 4 nitrogen and oxygen atoms in total. The number of carbonyl (C=O) groups excluding carboxylic acids is 1. The van der Waals surface area contributed by atoms with Crippen LogP contribution in [0, 0.1) is 13.8 Å². The van der Waals surface area contributed by atoms with Crippen LogP contribution in [-0.4, -0.2) is 17.6 Å². The van der Waals surface area contributed by atoms with E-state index in [1.165, 1.54) is 6.07 Å². The normalized spacial score (nSPS) is 11.4. The second-order valence-electron chi connectivity index (χ2n) is 8.23. The van der Waals surface area contributed by atoms with Crippen LogP contribution >= 0.6 is 0 Å². The van der Waals surface area contributed by atoms with Crippen molar-refractivity contribution in [3.8, 4) is 22.7 Å². The highest BCUT2D eigenvalue weighted by molar-refractivity contribution is 5.90. The molecule has 0 spiro atoms. The SMILES string of the molecule is COC(=O)c1cc(-n2c(C)ccc2-c2cc(C)ccc2OCc2ccccc2)cc(C(F)(F)F)c1. The first-order chi connectivity index (χ1) is 16.7. The Bertz CT molecular complexity index is 1360. The monoisotopic (exact) mass is 479 g/mol. The second kappa shape index (κ2) is 9.70. The number of methoxy groups -OCH3 is 1. The van der Waals surface area contributed by atoms with Gasteiger partial charge in [-0.05, 0) is 61.9 Å². The lowest BCUT2D eigenvalue weighted by Crippen LogP contribution is -2.11. The number of halogens is 3. The van der Waals surface area contributed by atoms with Gasteiger partial charge in [-0.25, -0.2) is 4.79 Å². The Hall–Kier alpha value is -4.00. The minimum atomic E-state index is -4.63. The number of ether oxygens (including phenoxy) is 2. The van der Waals surface area contributed by atoms with Gasteiger partial charge in [0.1, 0.15) is 12.4 Å². The molecule has 0 aliphatic rings. The zero-order chi connectivity index (χ0) is 25.2. The lowest BCUT2D eigenvalue weighted by atomic mass is 10.1. The Kier molecular flexibility index (Phi) is 6.69. The summed E-state index contributed by atoms with van der Waals surface area (Å²) < 4.78 is 53.5. The van der Waals surface area contributed by atoms with E-state index in [9.17, 15) is 18.0 Å². The van der Waals surface area contributed by atoms with Crippen molar-refractivity contribution in [2.24, 2.45) is 0 Å². The van der Waals surface area contributed by atoms with Crippen LogP contribution in [0.15, 0.2) is 78.9 Å². The summed E-state index contributed by atoms with van der Waals surface area (Å²) in [4.78, 5) is 12.2. The van der Waals surface area contributed by atoms with Crippen LogP contribution in [-0.2, 0) is 17.5 Å². The maximum absolute atomic E-state index is 13.7. The molecule has 0 bridgehead atoms. The highest BCUT2D eigenvalue weighted by atomic mass is 19.4. The first-order valence-corrected chi connectivity index (χ1v) is 10.9. The molecule has 3 aromatic carbocycles. The number of hydrogen-bond donors (Lipinski definition) is 0. The summed E-state index contributed by atoms with van der Waals surface area (Å²) in [6, 6.07) is 22.3. The molecular formula is C28H24F3NO3. The second-order valence-corrected chi connectivity index (χ2v) is 8.23. The molecule has 0 N–H and O–H groups in total. The summed E-state index contributed by atoms with van der Waals surface area (Å²) in [5.41, 5.74) is 3.12.